The maximum Gasteiger partial charge on any atom is 0.290 e. The van der Waals surface area contributed by atoms with Crippen molar-refractivity contribution in [3.8, 4) is 11.1 Å². The number of hydrogen-bond acceptors (Lipinski definition) is 7. The number of rotatable bonds is 4. The minimum atomic E-state index is -0.623. The van der Waals surface area contributed by atoms with Crippen LogP contribution < -0.4 is 11.0 Å². The van der Waals surface area contributed by atoms with Gasteiger partial charge in [0.1, 0.15) is 11.2 Å². The molecule has 4 rings (SSSR count). The Morgan fingerprint density at radius 2 is 2.04 bits per heavy atom. The lowest BCUT2D eigenvalue weighted by Crippen LogP contribution is -2.33. The maximum absolute atomic E-state index is 13.0. The van der Waals surface area contributed by atoms with Gasteiger partial charge in [-0.15, -0.1) is 11.3 Å². The smallest absolute Gasteiger partial charge is 0.267 e. The van der Waals surface area contributed by atoms with E-state index in [0.717, 1.165) is 15.8 Å². The number of benzene rings is 1. The van der Waals surface area contributed by atoms with E-state index in [-0.39, 0.29) is 16.3 Å². The zero-order chi connectivity index (χ0) is 19.7. The van der Waals surface area contributed by atoms with Crippen LogP contribution >= 0.6 is 34.7 Å². The number of thioether (sulfide) groups is 1. The number of hydrogen-bond donors (Lipinski definition) is 1. The highest BCUT2D eigenvalue weighted by Gasteiger charge is 2.18. The molecule has 0 atom stereocenters. The van der Waals surface area contributed by atoms with Crippen molar-refractivity contribution < 1.29 is 4.79 Å². The molecule has 0 unspecified atom stereocenters. The van der Waals surface area contributed by atoms with Gasteiger partial charge in [-0.3, -0.25) is 15.0 Å². The van der Waals surface area contributed by atoms with Gasteiger partial charge in [0.15, 0.2) is 10.9 Å². The van der Waals surface area contributed by atoms with Gasteiger partial charge < -0.3 is 0 Å². The number of carbonyl (C=O) groups is 1. The second kappa shape index (κ2) is 7.70. The van der Waals surface area contributed by atoms with Crippen LogP contribution in [0.3, 0.4) is 0 Å². The minimum absolute atomic E-state index is 0.0124. The summed E-state index contributed by atoms with van der Waals surface area (Å²) < 4.78 is 1.04. The highest BCUT2D eigenvalue weighted by molar-refractivity contribution is 7.98. The molecule has 3 heterocycles. The van der Waals surface area contributed by atoms with Crippen molar-refractivity contribution in [2.75, 3.05) is 11.7 Å². The van der Waals surface area contributed by atoms with Crippen LogP contribution in [-0.4, -0.2) is 31.8 Å². The average molecular weight is 430 g/mol. The topological polar surface area (TPSA) is 89.8 Å². The van der Waals surface area contributed by atoms with Crippen LogP contribution in [0.5, 0.6) is 0 Å². The normalized spacial score (nSPS) is 10.9. The van der Waals surface area contributed by atoms with Crippen molar-refractivity contribution >= 4 is 50.8 Å². The van der Waals surface area contributed by atoms with E-state index in [1.54, 1.807) is 6.26 Å². The number of amides is 1. The molecule has 0 radical (unpaired) electrons. The van der Waals surface area contributed by atoms with Crippen LogP contribution in [0.4, 0.5) is 0 Å². The van der Waals surface area contributed by atoms with E-state index in [0.29, 0.717) is 15.4 Å². The Bertz CT molecular complexity index is 1240. The Morgan fingerprint density at radius 1 is 1.25 bits per heavy atom. The van der Waals surface area contributed by atoms with E-state index >= 15 is 0 Å². The first-order chi connectivity index (χ1) is 13.6. The van der Waals surface area contributed by atoms with Gasteiger partial charge in [0.05, 0.1) is 16.6 Å². The highest BCUT2D eigenvalue weighted by Crippen LogP contribution is 2.30. The Labute approximate surface area is 172 Å². The van der Waals surface area contributed by atoms with Crippen LogP contribution in [0.1, 0.15) is 10.5 Å². The summed E-state index contributed by atoms with van der Waals surface area (Å²) in [5, 5.41) is 2.82. The second-order valence-corrected chi connectivity index (χ2v) is 7.65. The third-order valence-electron chi connectivity index (χ3n) is 3.92. The number of aromatic nitrogens is 4. The number of fused-ring (bicyclic) bond motifs is 1. The first-order valence-electron chi connectivity index (χ1n) is 8.00. The molecule has 1 N–H and O–H groups in total. The zero-order valence-electron chi connectivity index (χ0n) is 14.4. The molecule has 0 saturated carbocycles. The van der Waals surface area contributed by atoms with Crippen LogP contribution in [0.2, 0.25) is 5.02 Å². The van der Waals surface area contributed by atoms with E-state index in [1.807, 2.05) is 35.7 Å². The van der Waals surface area contributed by atoms with Gasteiger partial charge in [-0.1, -0.05) is 53.7 Å². The number of carbonyl (C=O) groups excluding carboxylic acids is 1. The molecule has 3 aromatic heterocycles. The predicted octanol–water partition coefficient (Wildman–Crippen LogP) is 3.67. The first-order valence-corrected chi connectivity index (χ1v) is 10.5. The molecule has 140 valence electrons. The van der Waals surface area contributed by atoms with Gasteiger partial charge in [-0.05, 0) is 11.8 Å². The van der Waals surface area contributed by atoms with Crippen LogP contribution in [0, 0.1) is 0 Å². The largest absolute Gasteiger partial charge is 0.290 e. The van der Waals surface area contributed by atoms with Gasteiger partial charge in [-0.25, -0.2) is 19.6 Å². The first kappa shape index (κ1) is 18.6. The maximum atomic E-state index is 13.0. The quantitative estimate of drug-likeness (QED) is 0.393. The van der Waals surface area contributed by atoms with E-state index in [4.69, 9.17) is 11.6 Å². The lowest BCUT2D eigenvalue weighted by atomic mass is 10.1. The summed E-state index contributed by atoms with van der Waals surface area (Å²) in [7, 11) is 0. The van der Waals surface area contributed by atoms with E-state index < -0.39 is 5.91 Å². The number of nitrogens with one attached hydrogen (secondary N) is 1. The molecule has 7 nitrogen and oxygen atoms in total. The molecule has 1 aromatic carbocycles. The van der Waals surface area contributed by atoms with Crippen LogP contribution in [0.25, 0.3) is 21.3 Å². The highest BCUT2D eigenvalue weighted by atomic mass is 35.5. The Morgan fingerprint density at radius 3 is 2.79 bits per heavy atom. The second-order valence-electron chi connectivity index (χ2n) is 5.61. The van der Waals surface area contributed by atoms with E-state index in [1.165, 1.54) is 35.6 Å². The number of nitrogens with zero attached hydrogens (tertiary/aromatic N) is 4. The Kier molecular flexibility index (Phi) is 5.12. The summed E-state index contributed by atoms with van der Waals surface area (Å²) >= 11 is 8.69. The van der Waals surface area contributed by atoms with E-state index in [9.17, 15) is 9.59 Å². The molecule has 1 amide bonds. The Balaban J connectivity index is 1.75. The van der Waals surface area contributed by atoms with Gasteiger partial charge >= 0.3 is 0 Å². The number of thiophene rings is 1. The van der Waals surface area contributed by atoms with Crippen molar-refractivity contribution in [3.63, 3.8) is 0 Å². The lowest BCUT2D eigenvalue weighted by Gasteiger charge is -2.09. The van der Waals surface area contributed by atoms with Gasteiger partial charge in [-0.2, -0.15) is 0 Å². The van der Waals surface area contributed by atoms with Crippen LogP contribution in [-0.2, 0) is 0 Å². The molecule has 0 aliphatic heterocycles. The zero-order valence-corrected chi connectivity index (χ0v) is 16.8. The van der Waals surface area contributed by atoms with Gasteiger partial charge in [0, 0.05) is 10.9 Å². The summed E-state index contributed by atoms with van der Waals surface area (Å²) in [6.45, 7) is 0. The van der Waals surface area contributed by atoms with Crippen LogP contribution in [0.15, 0.2) is 58.2 Å². The summed E-state index contributed by atoms with van der Waals surface area (Å²) in [6.07, 6.45) is 4.42. The molecule has 10 heteroatoms. The predicted molar refractivity (Wildman–Crippen MR) is 112 cm³/mol. The molecule has 28 heavy (non-hydrogen) atoms. The molecular weight excluding hydrogens is 418 g/mol. The van der Waals surface area contributed by atoms with Crippen molar-refractivity contribution in [1.29, 1.82) is 0 Å². The van der Waals surface area contributed by atoms with E-state index in [2.05, 4.69) is 20.4 Å². The molecule has 0 bridgehead atoms. The monoisotopic (exact) mass is 429 g/mol. The number of halogens is 1. The molecule has 0 aliphatic rings. The Hall–Kier alpha value is -2.75. The molecular formula is C18H12ClN5O2S2. The fourth-order valence-corrected chi connectivity index (χ4v) is 4.04. The van der Waals surface area contributed by atoms with Crippen molar-refractivity contribution in [2.45, 2.75) is 5.16 Å². The van der Waals surface area contributed by atoms with Gasteiger partial charge in [0.2, 0.25) is 0 Å². The molecule has 0 saturated heterocycles. The fraction of sp³-hybridized carbons (Fsp3) is 0.0556. The SMILES string of the molecule is CSc1ncc(Cl)c(C(=O)Nn2cnc3scc(-c4ccccc4)c3c2=O)n1. The summed E-state index contributed by atoms with van der Waals surface area (Å²) in [5.41, 5.74) is 3.78. The van der Waals surface area contributed by atoms with Crippen molar-refractivity contribution in [2.24, 2.45) is 0 Å². The molecule has 0 aliphatic carbocycles. The van der Waals surface area contributed by atoms with Gasteiger partial charge in [0.25, 0.3) is 11.5 Å². The summed E-state index contributed by atoms with van der Waals surface area (Å²) in [5.74, 6) is -0.623. The summed E-state index contributed by atoms with van der Waals surface area (Å²) in [6, 6.07) is 9.54. The minimum Gasteiger partial charge on any atom is -0.267 e. The summed E-state index contributed by atoms with van der Waals surface area (Å²) in [4.78, 5) is 38.6. The molecule has 4 aromatic rings. The fourth-order valence-electron chi connectivity index (χ4n) is 2.61. The third-order valence-corrected chi connectivity index (χ3v) is 5.65. The third kappa shape index (κ3) is 3.39. The average Bonchev–Trinajstić information content (AvgIpc) is 3.16. The molecule has 0 fully saturated rings. The standard InChI is InChI=1S/C18H12ClN5O2S2/c1-27-18-20-7-12(19)14(22-18)15(25)23-24-9-21-16-13(17(24)26)11(8-28-16)10-5-3-2-4-6-10/h2-9H,1H3,(H,23,25). The van der Waals surface area contributed by atoms with Crippen molar-refractivity contribution in [3.05, 3.63) is 69.3 Å². The lowest BCUT2D eigenvalue weighted by molar-refractivity contribution is 0.100. The molecule has 0 spiro atoms. The van der Waals surface area contributed by atoms with Crippen molar-refractivity contribution in [1.82, 2.24) is 19.6 Å².